The number of hydrogen-bond donors (Lipinski definition) is 1. The van der Waals surface area contributed by atoms with Gasteiger partial charge in [-0.1, -0.05) is 59.3 Å². The normalized spacial score (nSPS) is 12.0. The van der Waals surface area contributed by atoms with Crippen molar-refractivity contribution < 1.29 is 5.11 Å². The van der Waals surface area contributed by atoms with Crippen LogP contribution in [0.4, 0.5) is 0 Å². The van der Waals surface area contributed by atoms with Crippen LogP contribution in [0.3, 0.4) is 0 Å². The molecule has 0 saturated heterocycles. The first-order chi connectivity index (χ1) is 6.62. The quantitative estimate of drug-likeness (QED) is 0.554. The Bertz CT molecular complexity index is 118. The molecule has 0 aromatic heterocycles. The highest BCUT2D eigenvalue weighted by atomic mass is 16.2. The molecule has 0 heterocycles. The van der Waals surface area contributed by atoms with Gasteiger partial charge in [-0.05, 0) is 18.3 Å². The van der Waals surface area contributed by atoms with E-state index in [-0.39, 0.29) is 0 Å². The summed E-state index contributed by atoms with van der Waals surface area (Å²) in [5.41, 5.74) is 0.547. The lowest BCUT2D eigenvalue weighted by Crippen LogP contribution is -2.08. The molecule has 1 nitrogen and oxygen atoms in total. The maximum atomic E-state index is 8.61. The topological polar surface area (TPSA) is 20.2 Å². The second kappa shape index (κ2) is 8.28. The molecule has 0 bridgehead atoms. The van der Waals surface area contributed by atoms with Crippen molar-refractivity contribution in [1.82, 2.24) is 0 Å². The summed E-state index contributed by atoms with van der Waals surface area (Å²) in [6, 6.07) is 0. The minimum Gasteiger partial charge on any atom is -0.396 e. The van der Waals surface area contributed by atoms with Gasteiger partial charge in [-0.15, -0.1) is 0 Å². The highest BCUT2D eigenvalue weighted by molar-refractivity contribution is 4.65. The van der Waals surface area contributed by atoms with Crippen molar-refractivity contribution in [2.24, 2.45) is 5.41 Å². The Hall–Kier alpha value is -0.0400. The molecule has 0 saturated carbocycles. The number of hydrogen-bond acceptors (Lipinski definition) is 1. The van der Waals surface area contributed by atoms with Gasteiger partial charge >= 0.3 is 0 Å². The molecule has 0 aliphatic rings. The van der Waals surface area contributed by atoms with Crippen LogP contribution in [0, 0.1) is 5.41 Å². The Morgan fingerprint density at radius 2 is 1.36 bits per heavy atom. The van der Waals surface area contributed by atoms with Gasteiger partial charge < -0.3 is 5.11 Å². The fourth-order valence-corrected chi connectivity index (χ4v) is 1.60. The summed E-state index contributed by atoms with van der Waals surface area (Å²) in [5, 5.41) is 8.61. The van der Waals surface area contributed by atoms with Crippen molar-refractivity contribution in [2.75, 3.05) is 6.61 Å². The third kappa shape index (κ3) is 8.55. The van der Waals surface area contributed by atoms with Gasteiger partial charge in [0.1, 0.15) is 0 Å². The molecule has 0 rings (SSSR count). The van der Waals surface area contributed by atoms with Crippen molar-refractivity contribution in [2.45, 2.75) is 72.1 Å². The van der Waals surface area contributed by atoms with Crippen LogP contribution in [0.25, 0.3) is 0 Å². The van der Waals surface area contributed by atoms with E-state index in [0.717, 1.165) is 6.42 Å². The third-order valence-corrected chi connectivity index (χ3v) is 3.22. The summed E-state index contributed by atoms with van der Waals surface area (Å²) in [5.74, 6) is 0. The zero-order valence-corrected chi connectivity index (χ0v) is 10.3. The van der Waals surface area contributed by atoms with E-state index in [0.29, 0.717) is 12.0 Å². The molecule has 0 fully saturated rings. The Balaban J connectivity index is 3.13. The lowest BCUT2D eigenvalue weighted by atomic mass is 9.84. The van der Waals surface area contributed by atoms with E-state index in [2.05, 4.69) is 20.8 Å². The van der Waals surface area contributed by atoms with E-state index in [4.69, 9.17) is 5.11 Å². The third-order valence-electron chi connectivity index (χ3n) is 3.22. The standard InChI is InChI=1S/C13H28O/c1-4-13(2,3)11-9-7-5-6-8-10-12-14/h14H,4-12H2,1-3H3. The predicted molar refractivity (Wildman–Crippen MR) is 63.5 cm³/mol. The molecule has 0 aromatic carbocycles. The summed E-state index contributed by atoms with van der Waals surface area (Å²) < 4.78 is 0. The fraction of sp³-hybridized carbons (Fsp3) is 1.00. The van der Waals surface area contributed by atoms with E-state index >= 15 is 0 Å². The van der Waals surface area contributed by atoms with Gasteiger partial charge in [0.05, 0.1) is 0 Å². The van der Waals surface area contributed by atoms with Crippen LogP contribution in [-0.4, -0.2) is 11.7 Å². The molecule has 0 atom stereocenters. The maximum absolute atomic E-state index is 8.61. The summed E-state index contributed by atoms with van der Waals surface area (Å²) in [7, 11) is 0. The zero-order chi connectivity index (χ0) is 10.9. The first-order valence-electron chi connectivity index (χ1n) is 6.23. The Labute approximate surface area is 89.9 Å². The number of aliphatic hydroxyl groups excluding tert-OH is 1. The molecule has 0 aliphatic heterocycles. The molecule has 0 amide bonds. The van der Waals surface area contributed by atoms with Gasteiger partial charge in [0.25, 0.3) is 0 Å². The molecule has 86 valence electrons. The summed E-state index contributed by atoms with van der Waals surface area (Å²) in [4.78, 5) is 0. The molecular formula is C13H28O. The second-order valence-electron chi connectivity index (χ2n) is 5.11. The molecule has 0 aliphatic carbocycles. The van der Waals surface area contributed by atoms with Crippen molar-refractivity contribution in [3.8, 4) is 0 Å². The monoisotopic (exact) mass is 200 g/mol. The Kier molecular flexibility index (Phi) is 8.26. The average Bonchev–Trinajstić information content (AvgIpc) is 2.16. The highest BCUT2D eigenvalue weighted by Gasteiger charge is 2.13. The maximum Gasteiger partial charge on any atom is 0.0431 e. The van der Waals surface area contributed by atoms with E-state index in [1.807, 2.05) is 0 Å². The van der Waals surface area contributed by atoms with Gasteiger partial charge in [0.15, 0.2) is 0 Å². The van der Waals surface area contributed by atoms with Crippen LogP contribution < -0.4 is 0 Å². The van der Waals surface area contributed by atoms with Gasteiger partial charge in [-0.3, -0.25) is 0 Å². The van der Waals surface area contributed by atoms with E-state index < -0.39 is 0 Å². The van der Waals surface area contributed by atoms with Crippen LogP contribution in [0.15, 0.2) is 0 Å². The summed E-state index contributed by atoms with van der Waals surface area (Å²) >= 11 is 0. The average molecular weight is 200 g/mol. The summed E-state index contributed by atoms with van der Waals surface area (Å²) in [6.45, 7) is 7.36. The second-order valence-corrected chi connectivity index (χ2v) is 5.11. The molecule has 0 spiro atoms. The van der Waals surface area contributed by atoms with E-state index in [1.54, 1.807) is 0 Å². The Morgan fingerprint density at radius 1 is 0.857 bits per heavy atom. The zero-order valence-electron chi connectivity index (χ0n) is 10.3. The minimum absolute atomic E-state index is 0.364. The van der Waals surface area contributed by atoms with Gasteiger partial charge in [-0.25, -0.2) is 0 Å². The predicted octanol–water partition coefficient (Wildman–Crippen LogP) is 4.15. The molecule has 0 unspecified atom stereocenters. The first kappa shape index (κ1) is 14.0. The van der Waals surface area contributed by atoms with Crippen LogP contribution in [0.2, 0.25) is 0 Å². The highest BCUT2D eigenvalue weighted by Crippen LogP contribution is 2.27. The molecule has 0 aromatic rings. The number of aliphatic hydroxyl groups is 1. The van der Waals surface area contributed by atoms with Crippen molar-refractivity contribution >= 4 is 0 Å². The SMILES string of the molecule is CCC(C)(C)CCCCCCCCO. The van der Waals surface area contributed by atoms with Crippen molar-refractivity contribution in [1.29, 1.82) is 0 Å². The van der Waals surface area contributed by atoms with Crippen LogP contribution in [-0.2, 0) is 0 Å². The molecular weight excluding hydrogens is 172 g/mol. The van der Waals surface area contributed by atoms with Crippen molar-refractivity contribution in [3.63, 3.8) is 0 Å². The molecule has 0 radical (unpaired) electrons. The van der Waals surface area contributed by atoms with Crippen LogP contribution in [0.5, 0.6) is 0 Å². The minimum atomic E-state index is 0.364. The largest absolute Gasteiger partial charge is 0.396 e. The van der Waals surface area contributed by atoms with Crippen molar-refractivity contribution in [3.05, 3.63) is 0 Å². The van der Waals surface area contributed by atoms with Crippen LogP contribution in [0.1, 0.15) is 72.1 Å². The number of rotatable bonds is 9. The van der Waals surface area contributed by atoms with Crippen LogP contribution >= 0.6 is 0 Å². The Morgan fingerprint density at radius 3 is 1.86 bits per heavy atom. The van der Waals surface area contributed by atoms with E-state index in [1.165, 1.54) is 44.9 Å². The van der Waals surface area contributed by atoms with Gasteiger partial charge in [0.2, 0.25) is 0 Å². The molecule has 1 heteroatoms. The fourth-order valence-electron chi connectivity index (χ4n) is 1.60. The van der Waals surface area contributed by atoms with Gasteiger partial charge in [-0.2, -0.15) is 0 Å². The first-order valence-corrected chi connectivity index (χ1v) is 6.23. The van der Waals surface area contributed by atoms with E-state index in [9.17, 15) is 0 Å². The lowest BCUT2D eigenvalue weighted by molar-refractivity contribution is 0.281. The van der Waals surface area contributed by atoms with Gasteiger partial charge in [0, 0.05) is 6.61 Å². The lowest BCUT2D eigenvalue weighted by Gasteiger charge is -2.22. The smallest absolute Gasteiger partial charge is 0.0431 e. The number of unbranched alkanes of at least 4 members (excludes halogenated alkanes) is 5. The molecule has 14 heavy (non-hydrogen) atoms. The summed E-state index contributed by atoms with van der Waals surface area (Å²) in [6.07, 6.45) is 10.2. The molecule has 1 N–H and O–H groups in total.